The van der Waals surface area contributed by atoms with Gasteiger partial charge in [-0.2, -0.15) is 0 Å². The monoisotopic (exact) mass is 1260 g/mol. The average Bonchev–Trinajstić information content (AvgIpc) is 1.67. The second kappa shape index (κ2) is 36.6. The molecule has 29 nitrogen and oxygen atoms in total. The minimum absolute atomic E-state index is 0. The van der Waals surface area contributed by atoms with Gasteiger partial charge in [-0.15, -0.1) is 0 Å². The Morgan fingerprint density at radius 2 is 1.59 bits per heavy atom. The van der Waals surface area contributed by atoms with Crippen LogP contribution < -0.4 is 49.8 Å². The van der Waals surface area contributed by atoms with Gasteiger partial charge >= 0.3 is 47.5 Å². The van der Waals surface area contributed by atoms with Crippen molar-refractivity contribution in [2.24, 2.45) is 0 Å². The molecule has 87 heavy (non-hydrogen) atoms. The van der Waals surface area contributed by atoms with Crippen molar-refractivity contribution in [3.63, 3.8) is 0 Å². The first-order chi connectivity index (χ1) is 40.8. The van der Waals surface area contributed by atoms with Crippen molar-refractivity contribution in [1.29, 1.82) is 0 Å². The molecule has 1 aromatic carbocycles. The quantitative estimate of drug-likeness (QED) is 0.00588. The first kappa shape index (κ1) is 73.6. The van der Waals surface area contributed by atoms with Crippen molar-refractivity contribution >= 4 is 61.0 Å². The number of phosphoric ester groups is 1. The minimum Gasteiger partial charge on any atom is -0.756 e. The Labute approximate surface area is 523 Å². The van der Waals surface area contributed by atoms with Gasteiger partial charge in [-0.25, -0.2) is 9.59 Å². The third-order valence-corrected chi connectivity index (χ3v) is 13.8. The molecule has 0 aromatic heterocycles. The summed E-state index contributed by atoms with van der Waals surface area (Å²) in [5, 5.41) is 67.2. The summed E-state index contributed by atoms with van der Waals surface area (Å²) in [6.07, 6.45) is 1.80. The predicted molar refractivity (Wildman–Crippen MR) is 295 cm³/mol. The van der Waals surface area contributed by atoms with Crippen LogP contribution in [0.5, 0.6) is 5.75 Å². The number of benzene rings is 1. The molecule has 9 N–H and O–H groups in total. The zero-order valence-corrected chi connectivity index (χ0v) is 51.3. The number of likely N-dealkylation sites (tertiary alicyclic amines) is 1. The van der Waals surface area contributed by atoms with Crippen molar-refractivity contribution in [2.45, 2.75) is 126 Å². The maximum atomic E-state index is 13.2. The number of ether oxygens (including phenoxy) is 7. The van der Waals surface area contributed by atoms with Gasteiger partial charge in [-0.3, -0.25) is 38.2 Å². The van der Waals surface area contributed by atoms with Crippen molar-refractivity contribution in [1.82, 2.24) is 15.1 Å². The summed E-state index contributed by atoms with van der Waals surface area (Å²) < 4.78 is 54.0. The molecule has 1 unspecified atom stereocenters. The van der Waals surface area contributed by atoms with Gasteiger partial charge < -0.3 is 93.6 Å². The first-order valence-electron chi connectivity index (χ1n) is 27.5. The summed E-state index contributed by atoms with van der Waals surface area (Å²) in [4.78, 5) is 122. The van der Waals surface area contributed by atoms with E-state index >= 15 is 0 Å². The van der Waals surface area contributed by atoms with Crippen LogP contribution in [0.1, 0.15) is 70.3 Å². The van der Waals surface area contributed by atoms with Crippen LogP contribution in [0.4, 0.5) is 5.69 Å². The van der Waals surface area contributed by atoms with Gasteiger partial charge in [-0.05, 0) is 43.5 Å². The molecule has 1 fully saturated rings. The standard InChI is InChI=1S/C56H75N4O25P.Na/c1-56(74,21-18-37-12-9-14-47(66)82-37)42(85-86(75,76)77)32-36(61)11-7-5-3-4-6-8-13-45(64)59(2)23-10-15-46(65)81-34-35-16-17-41(83-55-50(69)48(67)49(68)51(84-55)54(72)73)40(31-35)58-44(63)19-22-57-43(62)20-25-78-27-29-80-30-28-79-26-24-60-52(70)38-33-39(38)53(60)71;/h3-7,9,11,14,16-18,21,31,36-37,42,48-51,55,61,67-69,74H,8,10,12-13,15,19-20,22-30,32-34H2,1-2H3,(H,57,62)(H,58,63)(H,72,73)(H2,75,76,77);/q;+1/p-1/b5-3-,6-4+,11-7-,21-18+;/t36-,37-,42-,48+,49+,50-,51+,55-,56-;/m1./s1. The van der Waals surface area contributed by atoms with E-state index in [2.05, 4.69) is 15.2 Å². The summed E-state index contributed by atoms with van der Waals surface area (Å²) in [7, 11) is -3.78. The Morgan fingerprint density at radius 3 is 2.26 bits per heavy atom. The van der Waals surface area contributed by atoms with Gasteiger partial charge in [0.25, 0.3) is 19.6 Å². The van der Waals surface area contributed by atoms with E-state index in [1.807, 2.05) is 0 Å². The molecule has 1 aliphatic carbocycles. The number of phosphoric acid groups is 1. The van der Waals surface area contributed by atoms with E-state index in [0.717, 1.165) is 6.08 Å². The molecule has 4 aliphatic rings. The van der Waals surface area contributed by atoms with E-state index in [9.17, 15) is 83.3 Å². The number of aliphatic carboxylic acids is 1. The van der Waals surface area contributed by atoms with Crippen LogP contribution in [0.3, 0.4) is 0 Å². The molecular weight excluding hydrogens is 1180 g/mol. The SMILES string of the molecule is CN(CCCC(=O)OCc1ccc(O[C@@H]2O[C@H](C(=O)O)[C@@H](O)[C@H](O)[C@H]2O)c(NC(=O)CCNC(=O)CCOCCOCCOCCN2C(=O)C3=C(C3)C2=O)c1)C(=O)CC/C=C/C=C\C=C/[C@@H](O)C[C@@H](OP(=O)([O-])O)[C@](C)(O)/C=C/[C@H]1CC=CC(=O)O1.[Na+]. The number of hydrogen-bond donors (Lipinski definition) is 9. The number of cyclic esters (lactones) is 1. The smallest absolute Gasteiger partial charge is 0.756 e. The number of nitrogens with zero attached hydrogens (tertiary/aromatic N) is 2. The molecule has 0 spiro atoms. The molecule has 3 heterocycles. The number of esters is 2. The zero-order valence-electron chi connectivity index (χ0n) is 48.4. The fourth-order valence-electron chi connectivity index (χ4n) is 8.41. The van der Waals surface area contributed by atoms with E-state index < -0.39 is 98.6 Å². The van der Waals surface area contributed by atoms with Gasteiger partial charge in [0.05, 0.1) is 58.0 Å². The normalized spacial score (nSPS) is 22.2. The van der Waals surface area contributed by atoms with Crippen molar-refractivity contribution in [2.75, 3.05) is 71.6 Å². The zero-order chi connectivity index (χ0) is 63.0. The molecule has 474 valence electrons. The van der Waals surface area contributed by atoms with Crippen LogP contribution >= 0.6 is 7.82 Å². The Hall–Kier alpha value is -5.83. The summed E-state index contributed by atoms with van der Waals surface area (Å²) in [6, 6.07) is 4.09. The third kappa shape index (κ3) is 25.7. The van der Waals surface area contributed by atoms with E-state index in [0.29, 0.717) is 36.0 Å². The maximum absolute atomic E-state index is 13.2. The van der Waals surface area contributed by atoms with Gasteiger partial charge in [0.15, 0.2) is 6.10 Å². The molecule has 5 rings (SSSR count). The van der Waals surface area contributed by atoms with Crippen LogP contribution in [0.2, 0.25) is 0 Å². The molecule has 0 saturated carbocycles. The molecule has 3 aliphatic heterocycles. The summed E-state index contributed by atoms with van der Waals surface area (Å²) in [6.45, 7) is 2.27. The fraction of sp³-hybridized carbons (Fsp3) is 0.536. The summed E-state index contributed by atoms with van der Waals surface area (Å²) in [5.41, 5.74) is -0.598. The summed E-state index contributed by atoms with van der Waals surface area (Å²) in [5.74, 6) is -4.83. The van der Waals surface area contributed by atoms with E-state index in [4.69, 9.17) is 33.2 Å². The Balaban J connectivity index is 0.0000162. The Morgan fingerprint density at radius 1 is 0.908 bits per heavy atom. The molecule has 0 radical (unpaired) electrons. The largest absolute Gasteiger partial charge is 1.00 e. The first-order valence-corrected chi connectivity index (χ1v) is 29.0. The van der Waals surface area contributed by atoms with Gasteiger partial charge in [0, 0.05) is 82.3 Å². The van der Waals surface area contributed by atoms with Crippen LogP contribution in [-0.2, 0) is 82.5 Å². The number of carboxylic acids is 1. The minimum atomic E-state index is -5.35. The number of allylic oxidation sites excluding steroid dienone is 5. The predicted octanol–water partition coefficient (Wildman–Crippen LogP) is -3.58. The number of imide groups is 1. The Kier molecular flexibility index (Phi) is 31.0. The summed E-state index contributed by atoms with van der Waals surface area (Å²) >= 11 is 0. The van der Waals surface area contributed by atoms with Gasteiger partial charge in [0.2, 0.25) is 24.0 Å². The third-order valence-electron chi connectivity index (χ3n) is 13.3. The number of nitrogens with one attached hydrogen (secondary N) is 2. The van der Waals surface area contributed by atoms with Crippen LogP contribution in [0.15, 0.2) is 90.1 Å². The fourth-order valence-corrected chi connectivity index (χ4v) is 9.03. The van der Waals surface area contributed by atoms with Crippen LogP contribution in [0, 0.1) is 0 Å². The van der Waals surface area contributed by atoms with Crippen LogP contribution in [-0.4, -0.2) is 214 Å². The van der Waals surface area contributed by atoms with Crippen molar-refractivity contribution in [3.8, 4) is 5.75 Å². The molecule has 1 saturated heterocycles. The number of amides is 5. The number of anilines is 1. The average molecular weight is 1260 g/mol. The number of carbonyl (C=O) groups excluding carboxylic acids is 7. The number of aliphatic hydroxyl groups is 5. The number of carboxylic acid groups (broad SMARTS) is 1. The topological polar surface area (TPSA) is 423 Å². The second-order valence-corrected chi connectivity index (χ2v) is 21.3. The number of hydrogen-bond acceptors (Lipinski definition) is 23. The molecule has 31 heteroatoms. The van der Waals surface area contributed by atoms with Crippen molar-refractivity contribution in [3.05, 3.63) is 95.7 Å². The van der Waals surface area contributed by atoms with Crippen molar-refractivity contribution < 1.29 is 151 Å². The Bertz CT molecular complexity index is 2760. The number of rotatable bonds is 38. The maximum Gasteiger partial charge on any atom is 1.00 e. The second-order valence-electron chi connectivity index (χ2n) is 20.2. The number of aliphatic hydroxyl groups excluding tert-OH is 4. The van der Waals surface area contributed by atoms with Gasteiger partial charge in [-0.1, -0.05) is 54.7 Å². The molecule has 0 bridgehead atoms. The molecular formula is C56H74N4NaO25P. The number of carbonyl (C=O) groups is 8. The molecule has 1 aromatic rings. The number of piperidine rings is 1. The van der Waals surface area contributed by atoms with Gasteiger partial charge in [0.1, 0.15) is 48.5 Å². The van der Waals surface area contributed by atoms with E-state index in [-0.39, 0.29) is 157 Å². The molecule has 5 amide bonds. The van der Waals surface area contributed by atoms with E-state index in [1.54, 1.807) is 37.4 Å². The van der Waals surface area contributed by atoms with E-state index in [1.165, 1.54) is 59.2 Å². The molecule has 10 atom stereocenters. The van der Waals surface area contributed by atoms with Crippen LogP contribution in [0.25, 0.3) is 0 Å².